The standard InChI is InChI=1S/C16H20N2O2S/c17-11-13-2-1-3-15(10-13)21(19,20)9-8-18-12-16(6-7-16)14-4-5-14/h1-3,10,14,18H,4-9,12H2. The number of hydrogen-bond donors (Lipinski definition) is 1. The molecule has 0 radical (unpaired) electrons. The molecule has 0 amide bonds. The van der Waals surface area contributed by atoms with Crippen molar-refractivity contribution in [2.75, 3.05) is 18.8 Å². The lowest BCUT2D eigenvalue weighted by molar-refractivity contribution is 0.409. The molecule has 1 aromatic carbocycles. The minimum Gasteiger partial charge on any atom is -0.315 e. The molecule has 4 nitrogen and oxygen atoms in total. The van der Waals surface area contributed by atoms with Gasteiger partial charge in [-0.3, -0.25) is 0 Å². The van der Waals surface area contributed by atoms with Crippen molar-refractivity contribution in [3.05, 3.63) is 29.8 Å². The highest BCUT2D eigenvalue weighted by Gasteiger charge is 2.53. The Hall–Kier alpha value is -1.38. The van der Waals surface area contributed by atoms with Gasteiger partial charge in [-0.15, -0.1) is 0 Å². The number of nitriles is 1. The number of sulfone groups is 1. The van der Waals surface area contributed by atoms with E-state index in [1.165, 1.54) is 31.7 Å². The highest BCUT2D eigenvalue weighted by atomic mass is 32.2. The fourth-order valence-electron chi connectivity index (χ4n) is 3.01. The van der Waals surface area contributed by atoms with Crippen LogP contribution < -0.4 is 5.32 Å². The van der Waals surface area contributed by atoms with Crippen LogP contribution in [0.5, 0.6) is 0 Å². The van der Waals surface area contributed by atoms with Crippen molar-refractivity contribution < 1.29 is 8.42 Å². The van der Waals surface area contributed by atoms with Gasteiger partial charge in [0.2, 0.25) is 0 Å². The van der Waals surface area contributed by atoms with E-state index in [1.807, 2.05) is 6.07 Å². The van der Waals surface area contributed by atoms with Gasteiger partial charge in [0.1, 0.15) is 0 Å². The first kappa shape index (κ1) is 14.6. The van der Waals surface area contributed by atoms with Gasteiger partial charge in [-0.2, -0.15) is 5.26 Å². The van der Waals surface area contributed by atoms with Crippen LogP contribution in [0.15, 0.2) is 29.2 Å². The SMILES string of the molecule is N#Cc1cccc(S(=O)(=O)CCNCC2(C3CC3)CC2)c1. The Balaban J connectivity index is 1.52. The van der Waals surface area contributed by atoms with Gasteiger partial charge in [0.15, 0.2) is 9.84 Å². The summed E-state index contributed by atoms with van der Waals surface area (Å²) in [6, 6.07) is 8.21. The molecule has 1 N–H and O–H groups in total. The smallest absolute Gasteiger partial charge is 0.179 e. The van der Waals surface area contributed by atoms with Gasteiger partial charge >= 0.3 is 0 Å². The van der Waals surface area contributed by atoms with E-state index in [9.17, 15) is 8.42 Å². The fourth-order valence-corrected chi connectivity index (χ4v) is 4.25. The third-order valence-corrected chi connectivity index (χ3v) is 6.40. The zero-order valence-corrected chi connectivity index (χ0v) is 12.8. The van der Waals surface area contributed by atoms with Crippen molar-refractivity contribution in [3.63, 3.8) is 0 Å². The van der Waals surface area contributed by atoms with Crippen molar-refractivity contribution >= 4 is 9.84 Å². The van der Waals surface area contributed by atoms with Gasteiger partial charge in [0.25, 0.3) is 0 Å². The Morgan fingerprint density at radius 1 is 1.33 bits per heavy atom. The summed E-state index contributed by atoms with van der Waals surface area (Å²) in [5, 5.41) is 12.2. The lowest BCUT2D eigenvalue weighted by Crippen LogP contribution is -2.30. The van der Waals surface area contributed by atoms with E-state index in [4.69, 9.17) is 5.26 Å². The van der Waals surface area contributed by atoms with Crippen molar-refractivity contribution in [1.82, 2.24) is 5.32 Å². The van der Waals surface area contributed by atoms with E-state index in [0.29, 0.717) is 17.5 Å². The zero-order valence-electron chi connectivity index (χ0n) is 12.0. The van der Waals surface area contributed by atoms with Gasteiger partial charge in [0.05, 0.1) is 22.3 Å². The first-order valence-corrected chi connectivity index (χ1v) is 9.15. The van der Waals surface area contributed by atoms with Crippen molar-refractivity contribution in [2.45, 2.75) is 30.6 Å². The predicted octanol–water partition coefficient (Wildman–Crippen LogP) is 2.11. The van der Waals surface area contributed by atoms with Crippen LogP contribution in [0, 0.1) is 22.7 Å². The third kappa shape index (κ3) is 3.28. The summed E-state index contributed by atoms with van der Waals surface area (Å²) >= 11 is 0. The van der Waals surface area contributed by atoms with Crippen molar-refractivity contribution in [3.8, 4) is 6.07 Å². The normalized spacial score (nSPS) is 20.0. The van der Waals surface area contributed by atoms with E-state index in [-0.39, 0.29) is 10.6 Å². The Morgan fingerprint density at radius 3 is 2.71 bits per heavy atom. The van der Waals surface area contributed by atoms with E-state index in [2.05, 4.69) is 5.32 Å². The average Bonchev–Trinajstić information content (AvgIpc) is 3.37. The number of nitrogens with zero attached hydrogens (tertiary/aromatic N) is 1. The molecule has 0 aromatic heterocycles. The van der Waals surface area contributed by atoms with Crippen LogP contribution in [0.3, 0.4) is 0 Å². The lowest BCUT2D eigenvalue weighted by Gasteiger charge is -2.15. The van der Waals surface area contributed by atoms with Crippen molar-refractivity contribution in [2.24, 2.45) is 11.3 Å². The molecule has 2 aliphatic carbocycles. The fraction of sp³-hybridized carbons (Fsp3) is 0.562. The summed E-state index contributed by atoms with van der Waals surface area (Å²) in [4.78, 5) is 0.242. The molecular weight excluding hydrogens is 284 g/mol. The Labute approximate surface area is 126 Å². The Bertz CT molecular complexity index is 668. The molecule has 21 heavy (non-hydrogen) atoms. The summed E-state index contributed by atoms with van der Waals surface area (Å²) < 4.78 is 24.5. The molecule has 5 heteroatoms. The molecule has 0 aliphatic heterocycles. The first-order chi connectivity index (χ1) is 10.1. The molecule has 3 rings (SSSR count). The minimum absolute atomic E-state index is 0.0859. The second-order valence-corrected chi connectivity index (χ2v) is 8.38. The number of benzene rings is 1. The van der Waals surface area contributed by atoms with E-state index in [0.717, 1.165) is 12.5 Å². The largest absolute Gasteiger partial charge is 0.315 e. The first-order valence-electron chi connectivity index (χ1n) is 7.49. The molecule has 0 saturated heterocycles. The van der Waals surface area contributed by atoms with Crippen LogP contribution >= 0.6 is 0 Å². The monoisotopic (exact) mass is 304 g/mol. The predicted molar refractivity (Wildman–Crippen MR) is 80.5 cm³/mol. The Morgan fingerprint density at radius 2 is 2.10 bits per heavy atom. The number of nitrogens with one attached hydrogen (secondary N) is 1. The highest BCUT2D eigenvalue weighted by Crippen LogP contribution is 2.60. The zero-order chi connectivity index (χ0) is 14.9. The lowest BCUT2D eigenvalue weighted by atomic mass is 10.0. The maximum absolute atomic E-state index is 12.2. The second kappa shape index (κ2) is 5.43. The average molecular weight is 304 g/mol. The van der Waals surface area contributed by atoms with Gasteiger partial charge in [-0.1, -0.05) is 6.07 Å². The van der Waals surface area contributed by atoms with E-state index in [1.54, 1.807) is 18.2 Å². The maximum atomic E-state index is 12.2. The van der Waals surface area contributed by atoms with Crippen molar-refractivity contribution in [1.29, 1.82) is 5.26 Å². The van der Waals surface area contributed by atoms with E-state index >= 15 is 0 Å². The summed E-state index contributed by atoms with van der Waals surface area (Å²) in [5.74, 6) is 0.969. The minimum atomic E-state index is -3.31. The maximum Gasteiger partial charge on any atom is 0.179 e. The molecule has 112 valence electrons. The van der Waals surface area contributed by atoms with Gasteiger partial charge in [-0.25, -0.2) is 8.42 Å². The molecular formula is C16H20N2O2S. The van der Waals surface area contributed by atoms with Gasteiger partial charge < -0.3 is 5.32 Å². The molecule has 0 atom stereocenters. The topological polar surface area (TPSA) is 70.0 Å². The molecule has 2 saturated carbocycles. The number of rotatable bonds is 7. The summed E-state index contributed by atoms with van der Waals surface area (Å²) in [6.45, 7) is 1.43. The van der Waals surface area contributed by atoms with Crippen LogP contribution in [-0.2, 0) is 9.84 Å². The molecule has 2 aliphatic rings. The molecule has 0 bridgehead atoms. The molecule has 2 fully saturated rings. The molecule has 0 unspecified atom stereocenters. The second-order valence-electron chi connectivity index (χ2n) is 6.27. The molecule has 0 heterocycles. The van der Waals surface area contributed by atoms with Gasteiger partial charge in [-0.05, 0) is 55.2 Å². The van der Waals surface area contributed by atoms with Crippen LogP contribution in [-0.4, -0.2) is 27.3 Å². The van der Waals surface area contributed by atoms with Crippen LogP contribution in [0.25, 0.3) is 0 Å². The van der Waals surface area contributed by atoms with Gasteiger partial charge in [0, 0.05) is 13.1 Å². The molecule has 0 spiro atoms. The number of hydrogen-bond acceptors (Lipinski definition) is 4. The molecule has 1 aromatic rings. The summed E-state index contributed by atoms with van der Waals surface area (Å²) in [7, 11) is -3.31. The van der Waals surface area contributed by atoms with Crippen LogP contribution in [0.2, 0.25) is 0 Å². The highest BCUT2D eigenvalue weighted by molar-refractivity contribution is 7.91. The van der Waals surface area contributed by atoms with Crippen LogP contribution in [0.4, 0.5) is 0 Å². The quantitative estimate of drug-likeness (QED) is 0.783. The van der Waals surface area contributed by atoms with Crippen LogP contribution in [0.1, 0.15) is 31.2 Å². The summed E-state index contributed by atoms with van der Waals surface area (Å²) in [5.41, 5.74) is 0.875. The third-order valence-electron chi connectivity index (χ3n) is 4.68. The summed E-state index contributed by atoms with van der Waals surface area (Å²) in [6.07, 6.45) is 5.28. The van der Waals surface area contributed by atoms with E-state index < -0.39 is 9.84 Å². The Kier molecular flexibility index (Phi) is 3.76.